The number of fused-ring (bicyclic) bond motifs is 1. The first kappa shape index (κ1) is 9.88. The lowest BCUT2D eigenvalue weighted by molar-refractivity contribution is 0.535. The van der Waals surface area contributed by atoms with Crippen molar-refractivity contribution < 1.29 is 4.39 Å². The van der Waals surface area contributed by atoms with Gasteiger partial charge in [0.1, 0.15) is 5.82 Å². The lowest BCUT2D eigenvalue weighted by Gasteiger charge is -2.13. The number of aromatic nitrogens is 1. The smallest absolute Gasteiger partial charge is 0.126 e. The van der Waals surface area contributed by atoms with Gasteiger partial charge in [-0.3, -0.25) is 0 Å². The van der Waals surface area contributed by atoms with Gasteiger partial charge in [-0.15, -0.1) is 0 Å². The van der Waals surface area contributed by atoms with Crippen LogP contribution in [0.5, 0.6) is 0 Å². The molecule has 84 valence electrons. The normalized spacial score (nSPS) is 17.4. The van der Waals surface area contributed by atoms with Crippen LogP contribution in [0.25, 0.3) is 10.9 Å². The number of aryl methyl sites for hydroxylation is 1. The molecular formula is C14H16FN. The van der Waals surface area contributed by atoms with E-state index in [2.05, 4.69) is 10.8 Å². The Hall–Kier alpha value is -1.31. The Kier molecular flexibility index (Phi) is 2.23. The average molecular weight is 217 g/mol. The first-order valence-electron chi connectivity index (χ1n) is 6.02. The van der Waals surface area contributed by atoms with E-state index in [4.69, 9.17) is 0 Å². The van der Waals surface area contributed by atoms with E-state index in [0.717, 1.165) is 10.9 Å². The third-order valence-electron chi connectivity index (χ3n) is 3.72. The van der Waals surface area contributed by atoms with Gasteiger partial charge in [0, 0.05) is 23.1 Å². The second kappa shape index (κ2) is 3.62. The Morgan fingerprint density at radius 1 is 1.25 bits per heavy atom. The summed E-state index contributed by atoms with van der Waals surface area (Å²) in [6.45, 7) is 1.83. The highest BCUT2D eigenvalue weighted by molar-refractivity contribution is 5.81. The molecule has 0 saturated heterocycles. The molecule has 0 amide bonds. The molecule has 1 nitrogen and oxygen atoms in total. The molecule has 0 N–H and O–H groups in total. The summed E-state index contributed by atoms with van der Waals surface area (Å²) in [5.41, 5.74) is 1.93. The van der Waals surface area contributed by atoms with Crippen molar-refractivity contribution >= 4 is 10.9 Å². The van der Waals surface area contributed by atoms with E-state index in [1.54, 1.807) is 6.07 Å². The summed E-state index contributed by atoms with van der Waals surface area (Å²) in [7, 11) is 0. The van der Waals surface area contributed by atoms with Gasteiger partial charge in [0.15, 0.2) is 0 Å². The van der Waals surface area contributed by atoms with Crippen LogP contribution in [0.4, 0.5) is 4.39 Å². The highest BCUT2D eigenvalue weighted by Crippen LogP contribution is 2.33. The average Bonchev–Trinajstić information content (AvgIpc) is 2.87. The summed E-state index contributed by atoms with van der Waals surface area (Å²) >= 11 is 0. The molecule has 0 radical (unpaired) electrons. The molecule has 0 atom stereocenters. The fraction of sp³-hybridized carbons (Fsp3) is 0.429. The molecule has 1 aromatic carbocycles. The van der Waals surface area contributed by atoms with Crippen LogP contribution < -0.4 is 0 Å². The van der Waals surface area contributed by atoms with Crippen LogP contribution in [0.15, 0.2) is 24.4 Å². The number of rotatable bonds is 1. The van der Waals surface area contributed by atoms with Gasteiger partial charge in [-0.1, -0.05) is 12.8 Å². The van der Waals surface area contributed by atoms with E-state index in [1.165, 1.54) is 31.2 Å². The lowest BCUT2D eigenvalue weighted by Crippen LogP contribution is -2.02. The van der Waals surface area contributed by atoms with E-state index in [0.29, 0.717) is 6.04 Å². The topological polar surface area (TPSA) is 4.93 Å². The molecule has 2 heteroatoms. The molecule has 2 aromatic rings. The van der Waals surface area contributed by atoms with Crippen molar-refractivity contribution in [3.8, 4) is 0 Å². The Morgan fingerprint density at radius 2 is 2.00 bits per heavy atom. The van der Waals surface area contributed by atoms with Crippen LogP contribution in [-0.4, -0.2) is 4.57 Å². The molecule has 0 unspecified atom stereocenters. The molecule has 0 spiro atoms. The van der Waals surface area contributed by atoms with Crippen LogP contribution in [-0.2, 0) is 0 Å². The predicted octanol–water partition coefficient (Wildman–Crippen LogP) is 4.20. The fourth-order valence-corrected chi connectivity index (χ4v) is 2.78. The van der Waals surface area contributed by atoms with Crippen molar-refractivity contribution in [1.29, 1.82) is 0 Å². The molecule has 3 rings (SSSR count). The maximum absolute atomic E-state index is 13.4. The molecule has 1 saturated carbocycles. The Labute approximate surface area is 94.9 Å². The number of hydrogen-bond acceptors (Lipinski definition) is 0. The predicted molar refractivity (Wildman–Crippen MR) is 64.1 cm³/mol. The van der Waals surface area contributed by atoms with Crippen LogP contribution in [0.3, 0.4) is 0 Å². The van der Waals surface area contributed by atoms with Crippen molar-refractivity contribution in [3.63, 3.8) is 0 Å². The van der Waals surface area contributed by atoms with E-state index in [-0.39, 0.29) is 5.82 Å². The number of benzene rings is 1. The van der Waals surface area contributed by atoms with Gasteiger partial charge in [-0.25, -0.2) is 4.39 Å². The molecule has 16 heavy (non-hydrogen) atoms. The zero-order valence-electron chi connectivity index (χ0n) is 9.54. The minimum atomic E-state index is -0.100. The Morgan fingerprint density at radius 3 is 2.75 bits per heavy atom. The van der Waals surface area contributed by atoms with Gasteiger partial charge < -0.3 is 4.57 Å². The van der Waals surface area contributed by atoms with E-state index in [1.807, 2.05) is 19.1 Å². The summed E-state index contributed by atoms with van der Waals surface area (Å²) in [5, 5.41) is 1.02. The summed E-state index contributed by atoms with van der Waals surface area (Å²) in [6.07, 6.45) is 7.29. The van der Waals surface area contributed by atoms with Crippen molar-refractivity contribution in [1.82, 2.24) is 4.57 Å². The van der Waals surface area contributed by atoms with Crippen LogP contribution in [0.2, 0.25) is 0 Å². The zero-order chi connectivity index (χ0) is 11.1. The van der Waals surface area contributed by atoms with Crippen molar-refractivity contribution in [2.24, 2.45) is 0 Å². The van der Waals surface area contributed by atoms with Crippen LogP contribution in [0, 0.1) is 12.7 Å². The summed E-state index contributed by atoms with van der Waals surface area (Å²) in [4.78, 5) is 0. The Balaban J connectivity index is 2.15. The molecule has 1 aliphatic carbocycles. The van der Waals surface area contributed by atoms with Gasteiger partial charge >= 0.3 is 0 Å². The fourth-order valence-electron chi connectivity index (χ4n) is 2.78. The van der Waals surface area contributed by atoms with Gasteiger partial charge in [0.25, 0.3) is 0 Å². The number of halogens is 1. The maximum atomic E-state index is 13.4. The van der Waals surface area contributed by atoms with Crippen molar-refractivity contribution in [2.45, 2.75) is 38.6 Å². The van der Waals surface area contributed by atoms with Crippen LogP contribution in [0.1, 0.15) is 37.3 Å². The molecular weight excluding hydrogens is 201 g/mol. The molecule has 1 aliphatic rings. The second-order valence-electron chi connectivity index (χ2n) is 4.82. The van der Waals surface area contributed by atoms with Crippen molar-refractivity contribution in [2.75, 3.05) is 0 Å². The largest absolute Gasteiger partial charge is 0.344 e. The molecule has 1 heterocycles. The Bertz CT molecular complexity index is 521. The minimum Gasteiger partial charge on any atom is -0.344 e. The monoisotopic (exact) mass is 217 g/mol. The SMILES string of the molecule is Cc1cc2c(ccn2C2CCCC2)cc1F. The summed E-state index contributed by atoms with van der Waals surface area (Å²) < 4.78 is 15.8. The summed E-state index contributed by atoms with van der Waals surface area (Å²) in [6, 6.07) is 6.28. The highest BCUT2D eigenvalue weighted by atomic mass is 19.1. The maximum Gasteiger partial charge on any atom is 0.126 e. The lowest BCUT2D eigenvalue weighted by atomic mass is 10.1. The number of hydrogen-bond donors (Lipinski definition) is 0. The first-order chi connectivity index (χ1) is 7.75. The number of nitrogens with zero attached hydrogens (tertiary/aromatic N) is 1. The second-order valence-corrected chi connectivity index (χ2v) is 4.82. The summed E-state index contributed by atoms with van der Waals surface area (Å²) in [5.74, 6) is -0.100. The first-order valence-corrected chi connectivity index (χ1v) is 6.02. The van der Waals surface area contributed by atoms with Gasteiger partial charge in [-0.2, -0.15) is 0 Å². The van der Waals surface area contributed by atoms with Gasteiger partial charge in [-0.05, 0) is 43.5 Å². The quantitative estimate of drug-likeness (QED) is 0.674. The highest BCUT2D eigenvalue weighted by Gasteiger charge is 2.18. The molecule has 0 aliphatic heterocycles. The molecule has 1 fully saturated rings. The van der Waals surface area contributed by atoms with Gasteiger partial charge in [0.2, 0.25) is 0 Å². The van der Waals surface area contributed by atoms with E-state index >= 15 is 0 Å². The third kappa shape index (κ3) is 1.44. The van der Waals surface area contributed by atoms with Crippen LogP contribution >= 0.6 is 0 Å². The van der Waals surface area contributed by atoms with E-state index in [9.17, 15) is 4.39 Å². The van der Waals surface area contributed by atoms with Crippen molar-refractivity contribution in [3.05, 3.63) is 35.8 Å². The molecule has 0 bridgehead atoms. The minimum absolute atomic E-state index is 0.100. The zero-order valence-corrected chi connectivity index (χ0v) is 9.54. The third-order valence-corrected chi connectivity index (χ3v) is 3.72. The standard InChI is InChI=1S/C14H16FN/c1-10-8-14-11(9-13(10)15)6-7-16(14)12-4-2-3-5-12/h6-9,12H,2-5H2,1H3. The molecule has 1 aromatic heterocycles. The van der Waals surface area contributed by atoms with E-state index < -0.39 is 0 Å². The van der Waals surface area contributed by atoms with Gasteiger partial charge in [0.05, 0.1) is 0 Å².